The summed E-state index contributed by atoms with van der Waals surface area (Å²) in [5.74, 6) is -5.58. The molecule has 0 unspecified atom stereocenters. The summed E-state index contributed by atoms with van der Waals surface area (Å²) in [6.45, 7) is 2.48. The first-order valence-electron chi connectivity index (χ1n) is 9.93. The fraction of sp³-hybridized carbons (Fsp3) is 0.381. The molecule has 0 spiro atoms. The smallest absolute Gasteiger partial charge is 0.475 e. The van der Waals surface area contributed by atoms with E-state index in [0.29, 0.717) is 24.9 Å². The van der Waals surface area contributed by atoms with Gasteiger partial charge in [-0.05, 0) is 43.0 Å². The molecule has 0 saturated carbocycles. The van der Waals surface area contributed by atoms with Crippen molar-refractivity contribution in [3.05, 3.63) is 59.7 Å². The van der Waals surface area contributed by atoms with Crippen LogP contribution in [-0.2, 0) is 16.0 Å². The summed E-state index contributed by atoms with van der Waals surface area (Å²) in [7, 11) is 0. The number of carboxylic acids is 2. The van der Waals surface area contributed by atoms with Crippen LogP contribution in [0.25, 0.3) is 0 Å². The third kappa shape index (κ3) is 9.85. The van der Waals surface area contributed by atoms with E-state index in [4.69, 9.17) is 19.8 Å². The zero-order valence-electron chi connectivity index (χ0n) is 18.5. The number of rotatable bonds is 3. The van der Waals surface area contributed by atoms with Gasteiger partial charge in [-0.1, -0.05) is 6.07 Å². The van der Waals surface area contributed by atoms with Crippen molar-refractivity contribution in [3.63, 3.8) is 0 Å². The van der Waals surface area contributed by atoms with Gasteiger partial charge in [-0.25, -0.2) is 9.59 Å². The maximum absolute atomic E-state index is 12.7. The standard InChI is InChI=1S/C17H19N3O2.2C2HF3O2/c1-12-7-14(11-19-9-12)17(22)20-6-4-16(21)15(20)8-13-3-2-5-18-10-13;2*3-2(4,5)1(6)7/h2-3,5,7,9-11,15-16,21H,4,6,8H2,1H3;2*(H,6,7)/t15-,16-;;/m0../s1. The van der Waals surface area contributed by atoms with Crippen molar-refractivity contribution >= 4 is 17.8 Å². The Morgan fingerprint density at radius 2 is 1.56 bits per heavy atom. The lowest BCUT2D eigenvalue weighted by atomic mass is 10.0. The van der Waals surface area contributed by atoms with Crippen molar-refractivity contribution in [1.82, 2.24) is 14.9 Å². The van der Waals surface area contributed by atoms with Gasteiger partial charge in [-0.3, -0.25) is 14.8 Å². The van der Waals surface area contributed by atoms with Crippen molar-refractivity contribution in [2.24, 2.45) is 0 Å². The van der Waals surface area contributed by atoms with E-state index in [2.05, 4.69) is 9.97 Å². The van der Waals surface area contributed by atoms with Crippen LogP contribution in [0.3, 0.4) is 0 Å². The van der Waals surface area contributed by atoms with Gasteiger partial charge in [0.25, 0.3) is 5.91 Å². The molecule has 9 nitrogen and oxygen atoms in total. The van der Waals surface area contributed by atoms with E-state index in [1.54, 1.807) is 29.7 Å². The molecule has 1 aliphatic rings. The van der Waals surface area contributed by atoms with E-state index in [1.165, 1.54) is 0 Å². The molecular formula is C21H21F6N3O6. The molecule has 0 aliphatic carbocycles. The minimum atomic E-state index is -5.08. The zero-order chi connectivity index (χ0) is 27.7. The van der Waals surface area contributed by atoms with Crippen molar-refractivity contribution in [3.8, 4) is 0 Å². The van der Waals surface area contributed by atoms with E-state index in [1.807, 2.05) is 25.1 Å². The van der Waals surface area contributed by atoms with Gasteiger partial charge < -0.3 is 20.2 Å². The maximum atomic E-state index is 12.7. The van der Waals surface area contributed by atoms with Gasteiger partial charge in [0.2, 0.25) is 0 Å². The number of hydrogen-bond donors (Lipinski definition) is 3. The average Bonchev–Trinajstić information content (AvgIpc) is 3.13. The Balaban J connectivity index is 0.000000383. The molecule has 36 heavy (non-hydrogen) atoms. The molecule has 2 atom stereocenters. The number of alkyl halides is 6. The number of aryl methyl sites for hydroxylation is 1. The van der Waals surface area contributed by atoms with Crippen LogP contribution < -0.4 is 0 Å². The number of carbonyl (C=O) groups excluding carboxylic acids is 1. The van der Waals surface area contributed by atoms with E-state index < -0.39 is 30.4 Å². The molecule has 1 fully saturated rings. The lowest BCUT2D eigenvalue weighted by Crippen LogP contribution is -2.41. The molecule has 3 N–H and O–H groups in total. The highest BCUT2D eigenvalue weighted by Crippen LogP contribution is 2.24. The van der Waals surface area contributed by atoms with E-state index in [9.17, 15) is 36.2 Å². The summed E-state index contributed by atoms with van der Waals surface area (Å²) < 4.78 is 63.5. The number of likely N-dealkylation sites (tertiary alicyclic amines) is 1. The molecule has 15 heteroatoms. The normalized spacial score (nSPS) is 17.3. The highest BCUT2D eigenvalue weighted by atomic mass is 19.4. The Bertz CT molecular complexity index is 1010. The van der Waals surface area contributed by atoms with Crippen molar-refractivity contribution in [1.29, 1.82) is 0 Å². The highest BCUT2D eigenvalue weighted by Gasteiger charge is 2.39. The van der Waals surface area contributed by atoms with Gasteiger partial charge in [0.05, 0.1) is 17.7 Å². The fourth-order valence-corrected chi connectivity index (χ4v) is 2.93. The number of nitrogens with zero attached hydrogens (tertiary/aromatic N) is 3. The van der Waals surface area contributed by atoms with Crippen LogP contribution in [0.5, 0.6) is 0 Å². The summed E-state index contributed by atoms with van der Waals surface area (Å²) in [6.07, 6.45) is -2.64. The van der Waals surface area contributed by atoms with Crippen molar-refractivity contribution in [2.75, 3.05) is 6.54 Å². The molecule has 1 saturated heterocycles. The Hall–Kier alpha value is -3.75. The minimum absolute atomic E-state index is 0.0679. The monoisotopic (exact) mass is 525 g/mol. The predicted molar refractivity (Wildman–Crippen MR) is 110 cm³/mol. The van der Waals surface area contributed by atoms with Crippen LogP contribution in [0, 0.1) is 6.92 Å². The summed E-state index contributed by atoms with van der Waals surface area (Å²) in [6, 6.07) is 5.46. The van der Waals surface area contributed by atoms with Crippen LogP contribution >= 0.6 is 0 Å². The number of pyridine rings is 2. The van der Waals surface area contributed by atoms with Gasteiger partial charge in [0, 0.05) is 31.3 Å². The molecule has 3 heterocycles. The molecular weight excluding hydrogens is 504 g/mol. The molecule has 0 bridgehead atoms. The lowest BCUT2D eigenvalue weighted by molar-refractivity contribution is -0.193. The Morgan fingerprint density at radius 1 is 1.00 bits per heavy atom. The van der Waals surface area contributed by atoms with Gasteiger partial charge in [-0.2, -0.15) is 26.3 Å². The molecule has 2 aromatic heterocycles. The number of aliphatic hydroxyl groups excluding tert-OH is 1. The predicted octanol–water partition coefficient (Wildman–Crippen LogP) is 2.87. The number of aromatic nitrogens is 2. The maximum Gasteiger partial charge on any atom is 0.490 e. The van der Waals surface area contributed by atoms with Gasteiger partial charge in [-0.15, -0.1) is 0 Å². The third-order valence-electron chi connectivity index (χ3n) is 4.55. The third-order valence-corrected chi connectivity index (χ3v) is 4.55. The summed E-state index contributed by atoms with van der Waals surface area (Å²) >= 11 is 0. The number of carboxylic acid groups (broad SMARTS) is 2. The largest absolute Gasteiger partial charge is 0.490 e. The van der Waals surface area contributed by atoms with E-state index in [0.717, 1.165) is 11.1 Å². The topological polar surface area (TPSA) is 141 Å². The number of aliphatic carboxylic acids is 2. The first-order chi connectivity index (χ1) is 16.5. The second-order valence-electron chi connectivity index (χ2n) is 7.34. The summed E-state index contributed by atoms with van der Waals surface area (Å²) in [5.41, 5.74) is 2.55. The number of hydrogen-bond acceptors (Lipinski definition) is 6. The number of amides is 1. The van der Waals surface area contributed by atoms with Crippen LogP contribution in [-0.4, -0.2) is 79.1 Å². The first kappa shape index (κ1) is 30.3. The van der Waals surface area contributed by atoms with Crippen molar-refractivity contribution < 1.29 is 56.0 Å². The van der Waals surface area contributed by atoms with Gasteiger partial charge in [0.15, 0.2) is 0 Å². The molecule has 198 valence electrons. The Labute approximate surface area is 200 Å². The second kappa shape index (κ2) is 12.8. The van der Waals surface area contributed by atoms with Gasteiger partial charge >= 0.3 is 24.3 Å². The van der Waals surface area contributed by atoms with Crippen LogP contribution in [0.1, 0.15) is 27.9 Å². The summed E-state index contributed by atoms with van der Waals surface area (Å²) in [4.78, 5) is 40.4. The number of halogens is 6. The molecule has 1 aliphatic heterocycles. The van der Waals surface area contributed by atoms with Crippen molar-refractivity contribution in [2.45, 2.75) is 44.3 Å². The average molecular weight is 525 g/mol. The molecule has 0 aromatic carbocycles. The number of aliphatic hydroxyl groups is 1. The van der Waals surface area contributed by atoms with E-state index in [-0.39, 0.29) is 11.9 Å². The zero-order valence-corrected chi connectivity index (χ0v) is 18.5. The van der Waals surface area contributed by atoms with Gasteiger partial charge in [0.1, 0.15) is 0 Å². The molecule has 3 rings (SSSR count). The number of carbonyl (C=O) groups is 3. The quantitative estimate of drug-likeness (QED) is 0.520. The molecule has 0 radical (unpaired) electrons. The van der Waals surface area contributed by atoms with Crippen LogP contribution in [0.2, 0.25) is 0 Å². The lowest BCUT2D eigenvalue weighted by Gasteiger charge is -2.26. The minimum Gasteiger partial charge on any atom is -0.475 e. The van der Waals surface area contributed by atoms with Crippen LogP contribution in [0.15, 0.2) is 43.0 Å². The van der Waals surface area contributed by atoms with Crippen LogP contribution in [0.4, 0.5) is 26.3 Å². The Morgan fingerprint density at radius 3 is 2.00 bits per heavy atom. The highest BCUT2D eigenvalue weighted by molar-refractivity contribution is 5.94. The van der Waals surface area contributed by atoms with E-state index >= 15 is 0 Å². The molecule has 1 amide bonds. The first-order valence-corrected chi connectivity index (χ1v) is 9.93. The Kier molecular flexibility index (Phi) is 10.8. The fourth-order valence-electron chi connectivity index (χ4n) is 2.93. The summed E-state index contributed by atoms with van der Waals surface area (Å²) in [5, 5.41) is 24.5. The SMILES string of the molecule is Cc1cncc(C(=O)N2CC[C@H](O)[C@@H]2Cc2cccnc2)c1.O=C(O)C(F)(F)F.O=C(O)C(F)(F)F. The molecule has 2 aromatic rings. The second-order valence-corrected chi connectivity index (χ2v) is 7.34.